The molecule has 0 saturated heterocycles. The normalized spacial score (nSPS) is 17.1. The Morgan fingerprint density at radius 3 is 2.15 bits per heavy atom. The van der Waals surface area contributed by atoms with Crippen molar-refractivity contribution in [2.75, 3.05) is 0 Å². The van der Waals surface area contributed by atoms with Gasteiger partial charge in [0.15, 0.2) is 0 Å². The summed E-state index contributed by atoms with van der Waals surface area (Å²) < 4.78 is 118. The molecule has 1 aliphatic rings. The molecule has 0 unspecified atom stereocenters. The zero-order chi connectivity index (χ0) is 49.9. The van der Waals surface area contributed by atoms with Gasteiger partial charge in [0.05, 0.1) is 12.5 Å². The molecular formula is C55H51F3IrN2O-2. The molecule has 1 aliphatic carbocycles. The first-order valence-electron chi connectivity index (χ1n) is 24.4. The molecule has 319 valence electrons. The monoisotopic (exact) mass is 1010 g/mol. The first-order valence-corrected chi connectivity index (χ1v) is 20.4. The van der Waals surface area contributed by atoms with Crippen LogP contribution in [0.1, 0.15) is 105 Å². The molecule has 0 aliphatic heterocycles. The third kappa shape index (κ3) is 9.35. The van der Waals surface area contributed by atoms with Crippen molar-refractivity contribution in [3.8, 4) is 44.8 Å². The Morgan fingerprint density at radius 1 is 0.758 bits per heavy atom. The molecule has 0 bridgehead atoms. The molecule has 3 heterocycles. The zero-order valence-electron chi connectivity index (χ0n) is 43.1. The van der Waals surface area contributed by atoms with E-state index in [4.69, 9.17) is 14.0 Å². The second-order valence-corrected chi connectivity index (χ2v) is 17.4. The molecule has 1 saturated carbocycles. The number of hydrogen-bond donors (Lipinski definition) is 0. The van der Waals surface area contributed by atoms with Crippen molar-refractivity contribution < 1.29 is 48.7 Å². The maximum atomic E-state index is 14.4. The molecule has 1 radical (unpaired) electrons. The van der Waals surface area contributed by atoms with E-state index in [0.29, 0.717) is 34.7 Å². The van der Waals surface area contributed by atoms with Gasteiger partial charge in [-0.1, -0.05) is 118 Å². The van der Waals surface area contributed by atoms with Crippen LogP contribution >= 0.6 is 0 Å². The number of hydrogen-bond acceptors (Lipinski definition) is 3. The van der Waals surface area contributed by atoms with Gasteiger partial charge in [-0.2, -0.15) is 13.2 Å². The summed E-state index contributed by atoms with van der Waals surface area (Å²) in [4.78, 5) is 8.92. The fourth-order valence-corrected chi connectivity index (χ4v) is 7.91. The van der Waals surface area contributed by atoms with E-state index in [1.165, 1.54) is 29.8 Å². The van der Waals surface area contributed by atoms with E-state index in [2.05, 4.69) is 68.9 Å². The van der Waals surface area contributed by atoms with Crippen LogP contribution in [0.5, 0.6) is 0 Å². The van der Waals surface area contributed by atoms with Crippen LogP contribution in [0.15, 0.2) is 132 Å². The summed E-state index contributed by atoms with van der Waals surface area (Å²) in [6.45, 7) is 5.28. The van der Waals surface area contributed by atoms with Crippen LogP contribution in [-0.2, 0) is 31.7 Å². The van der Waals surface area contributed by atoms with Gasteiger partial charge >= 0.3 is 6.18 Å². The van der Waals surface area contributed by atoms with E-state index in [1.54, 1.807) is 42.5 Å². The first kappa shape index (κ1) is 35.1. The van der Waals surface area contributed by atoms with Gasteiger partial charge in [-0.05, 0) is 113 Å². The Hall–Kier alpha value is -5.36. The van der Waals surface area contributed by atoms with E-state index in [9.17, 15) is 14.5 Å². The quantitative estimate of drug-likeness (QED) is 0.161. The molecule has 3 aromatic heterocycles. The molecule has 1 fully saturated rings. The van der Waals surface area contributed by atoms with Crippen molar-refractivity contribution in [1.82, 2.24) is 9.97 Å². The summed E-state index contributed by atoms with van der Waals surface area (Å²) in [5.74, 6) is -1.11. The number of halogens is 3. The molecule has 7 heteroatoms. The molecule has 62 heavy (non-hydrogen) atoms. The second-order valence-electron chi connectivity index (χ2n) is 17.4. The van der Waals surface area contributed by atoms with Crippen molar-refractivity contribution in [2.24, 2.45) is 5.41 Å². The second kappa shape index (κ2) is 17.8. The molecule has 0 spiro atoms. The number of fused-ring (bicyclic) bond motifs is 3. The van der Waals surface area contributed by atoms with E-state index in [1.807, 2.05) is 30.5 Å². The molecular weight excluding hydrogens is 954 g/mol. The number of furan rings is 1. The summed E-state index contributed by atoms with van der Waals surface area (Å²) in [5, 5.41) is 0.874. The Labute approximate surface area is 388 Å². The van der Waals surface area contributed by atoms with Gasteiger partial charge < -0.3 is 14.4 Å². The predicted molar refractivity (Wildman–Crippen MR) is 243 cm³/mol. The minimum absolute atomic E-state index is 0. The van der Waals surface area contributed by atoms with Crippen LogP contribution in [0, 0.1) is 31.3 Å². The van der Waals surface area contributed by atoms with E-state index < -0.39 is 31.3 Å². The molecule has 0 N–H and O–H groups in total. The van der Waals surface area contributed by atoms with Gasteiger partial charge in [-0.15, -0.1) is 54.1 Å². The van der Waals surface area contributed by atoms with Crippen molar-refractivity contribution in [2.45, 2.75) is 91.5 Å². The summed E-state index contributed by atoms with van der Waals surface area (Å²) in [5.41, 5.74) is 2.88. The number of rotatable bonds is 5. The van der Waals surface area contributed by atoms with Gasteiger partial charge in [0.1, 0.15) is 5.58 Å². The Bertz CT molecular complexity index is 3150. The van der Waals surface area contributed by atoms with Gasteiger partial charge in [0.2, 0.25) is 0 Å². The Morgan fingerprint density at radius 2 is 1.48 bits per heavy atom. The number of pyridine rings is 2. The predicted octanol–water partition coefficient (Wildman–Crippen LogP) is 15.9. The minimum atomic E-state index is -4.69. The maximum absolute atomic E-state index is 14.4. The summed E-state index contributed by atoms with van der Waals surface area (Å²) in [6.07, 6.45) is 0.831. The van der Waals surface area contributed by atoms with Gasteiger partial charge in [-0.25, -0.2) is 0 Å². The van der Waals surface area contributed by atoms with Crippen molar-refractivity contribution in [3.63, 3.8) is 0 Å². The standard InChI is InChI=1S/C40H35F3NO.C15H16N.Ir/c1-24-21-28(26-17-19-39(3,4)20-18-26)13-14-29(24)33-22-35(44-23-25(33)2)32-12-8-11-30-31-15-16-34(40(41,42)43)36(38(31)45-37(30)32)27-9-6-5-7-10-27;1-15(2,3)13-9-10-14(16-11-13)12-7-5-4-6-8-12;/h5-11,13-16,21-23,26H,17-20H2,1-4H3;4-7,9-11H,1-3H3;/q2*-1;/i1D3,2D3,14D,26D;;. The van der Waals surface area contributed by atoms with Gasteiger partial charge in [0.25, 0.3) is 0 Å². The van der Waals surface area contributed by atoms with Crippen LogP contribution in [0.2, 0.25) is 0 Å². The molecule has 0 atom stereocenters. The average molecular weight is 1010 g/mol. The van der Waals surface area contributed by atoms with Gasteiger partial charge in [0, 0.05) is 53.0 Å². The number of aromatic nitrogens is 2. The molecule has 3 nitrogen and oxygen atoms in total. The largest absolute Gasteiger partial charge is 0.500 e. The number of benzene rings is 5. The van der Waals surface area contributed by atoms with Crippen LogP contribution in [0.25, 0.3) is 66.7 Å². The SMILES string of the molecule is CC(C)(C)c1ccc(-c2[c-]cccc2)nc1.[2H]c1cc(C2([2H])CCC(C)(C)CC2)cc(C([2H])([2H])[2H])c1-c1cc(-c2[c-]ccc3c2oc2c(-c4ccccc4)c(C(F)(F)F)ccc23)ncc1C([2H])([2H])[2H].[Ir]. The van der Waals surface area contributed by atoms with Crippen molar-refractivity contribution in [3.05, 3.63) is 168 Å². The molecule has 0 amide bonds. The Balaban J connectivity index is 0.000000360. The van der Waals surface area contributed by atoms with E-state index in [-0.39, 0.29) is 87.2 Å². The van der Waals surface area contributed by atoms with E-state index in [0.717, 1.165) is 36.4 Å². The molecule has 5 aromatic carbocycles. The van der Waals surface area contributed by atoms with Crippen LogP contribution in [0.4, 0.5) is 13.2 Å². The van der Waals surface area contributed by atoms with Gasteiger partial charge in [-0.3, -0.25) is 0 Å². The summed E-state index contributed by atoms with van der Waals surface area (Å²) in [7, 11) is 0. The topological polar surface area (TPSA) is 38.9 Å². The molecule has 8 aromatic rings. The van der Waals surface area contributed by atoms with Crippen LogP contribution in [0.3, 0.4) is 0 Å². The first-order chi connectivity index (χ1) is 32.2. The van der Waals surface area contributed by atoms with E-state index >= 15 is 0 Å². The van der Waals surface area contributed by atoms with Crippen LogP contribution < -0.4 is 0 Å². The van der Waals surface area contributed by atoms with Crippen LogP contribution in [-0.4, -0.2) is 9.97 Å². The zero-order valence-corrected chi connectivity index (χ0v) is 37.5. The number of alkyl halides is 3. The smallest absolute Gasteiger partial charge is 0.417 e. The number of aryl methyl sites for hydroxylation is 2. The fraction of sp³-hybridized carbons (Fsp3) is 0.273. The maximum Gasteiger partial charge on any atom is 0.417 e. The Kier molecular flexibility index (Phi) is 10.1. The van der Waals surface area contributed by atoms with Crippen molar-refractivity contribution in [1.29, 1.82) is 0 Å². The third-order valence-electron chi connectivity index (χ3n) is 11.6. The third-order valence-corrected chi connectivity index (χ3v) is 11.6. The van der Waals surface area contributed by atoms with Crippen molar-refractivity contribution >= 4 is 21.9 Å². The average Bonchev–Trinajstić information content (AvgIpc) is 3.68. The summed E-state index contributed by atoms with van der Waals surface area (Å²) >= 11 is 0. The molecule has 9 rings (SSSR count). The number of nitrogens with zero attached hydrogens (tertiary/aromatic N) is 2. The summed E-state index contributed by atoms with van der Waals surface area (Å²) in [6, 6.07) is 36.0. The fourth-order valence-electron chi connectivity index (χ4n) is 7.91. The minimum Gasteiger partial charge on any atom is -0.500 e.